The van der Waals surface area contributed by atoms with Crippen LogP contribution in [0, 0.1) is 0 Å². The summed E-state index contributed by atoms with van der Waals surface area (Å²) in [5.41, 5.74) is 0.804. The first kappa shape index (κ1) is 21.2. The quantitative estimate of drug-likeness (QED) is 0.438. The molecule has 0 fully saturated rings. The molecule has 3 N–H and O–H groups in total. The zero-order valence-electron chi connectivity index (χ0n) is 15.8. The van der Waals surface area contributed by atoms with Crippen LogP contribution in [0.3, 0.4) is 0 Å². The van der Waals surface area contributed by atoms with Crippen LogP contribution in [0.4, 0.5) is 0 Å². The molecule has 30 heavy (non-hydrogen) atoms. The molecule has 8 nitrogen and oxygen atoms in total. The number of halogens is 1. The fraction of sp³-hybridized carbons (Fsp3) is 0.190. The highest BCUT2D eigenvalue weighted by atomic mass is 35.5. The van der Waals surface area contributed by atoms with Crippen LogP contribution in [0.2, 0.25) is 5.02 Å². The predicted octanol–water partition coefficient (Wildman–Crippen LogP) is 2.82. The highest BCUT2D eigenvalue weighted by molar-refractivity contribution is 6.34. The lowest BCUT2D eigenvalue weighted by Gasteiger charge is -2.12. The zero-order chi connectivity index (χ0) is 21.5. The summed E-state index contributed by atoms with van der Waals surface area (Å²) in [5, 5.41) is 14.1. The van der Waals surface area contributed by atoms with Gasteiger partial charge in [0.15, 0.2) is 11.5 Å². The molecule has 0 saturated carbocycles. The summed E-state index contributed by atoms with van der Waals surface area (Å²) in [6.07, 6.45) is 1.67. The number of amides is 2. The number of carbonyl (C=O) groups excluding carboxylic acids is 2. The maximum Gasteiger partial charge on any atom is 0.303 e. The monoisotopic (exact) mass is 430 g/mol. The van der Waals surface area contributed by atoms with Gasteiger partial charge in [0.2, 0.25) is 6.79 Å². The van der Waals surface area contributed by atoms with Gasteiger partial charge in [0.05, 0.1) is 10.6 Å². The second kappa shape index (κ2) is 9.80. The number of hydrogen-bond acceptors (Lipinski definition) is 5. The van der Waals surface area contributed by atoms with E-state index in [9.17, 15) is 14.4 Å². The molecular formula is C21H19ClN2O6. The molecule has 0 unspecified atom stereocenters. The van der Waals surface area contributed by atoms with Gasteiger partial charge < -0.3 is 25.2 Å². The van der Waals surface area contributed by atoms with Crippen LogP contribution in [0.15, 0.2) is 48.2 Å². The Hall–Kier alpha value is -3.52. The highest BCUT2D eigenvalue weighted by Crippen LogP contribution is 2.33. The lowest BCUT2D eigenvalue weighted by Crippen LogP contribution is -2.35. The lowest BCUT2D eigenvalue weighted by molar-refractivity contribution is -0.137. The van der Waals surface area contributed by atoms with Crippen LogP contribution in [-0.2, 0) is 9.59 Å². The number of hydrogen-bond donors (Lipinski definition) is 3. The number of benzene rings is 2. The van der Waals surface area contributed by atoms with E-state index in [0.29, 0.717) is 17.1 Å². The Morgan fingerprint density at radius 3 is 2.63 bits per heavy atom. The average Bonchev–Trinajstić information content (AvgIpc) is 3.18. The first-order valence-electron chi connectivity index (χ1n) is 9.11. The van der Waals surface area contributed by atoms with Crippen LogP contribution in [0.25, 0.3) is 6.08 Å². The molecule has 0 radical (unpaired) electrons. The molecule has 0 atom stereocenters. The molecule has 0 bridgehead atoms. The summed E-state index contributed by atoms with van der Waals surface area (Å²) in [5.74, 6) is -0.937. The van der Waals surface area contributed by atoms with E-state index in [0.717, 1.165) is 0 Å². The molecule has 0 aliphatic carbocycles. The van der Waals surface area contributed by atoms with Crippen molar-refractivity contribution in [1.82, 2.24) is 10.6 Å². The van der Waals surface area contributed by atoms with Crippen molar-refractivity contribution in [1.29, 1.82) is 0 Å². The van der Waals surface area contributed by atoms with Gasteiger partial charge in [-0.2, -0.15) is 0 Å². The Morgan fingerprint density at radius 2 is 1.87 bits per heavy atom. The van der Waals surface area contributed by atoms with E-state index in [1.165, 1.54) is 6.08 Å². The summed E-state index contributed by atoms with van der Waals surface area (Å²) < 4.78 is 10.6. The number of ether oxygens (including phenoxy) is 2. The molecule has 0 spiro atoms. The van der Waals surface area contributed by atoms with E-state index in [4.69, 9.17) is 26.2 Å². The van der Waals surface area contributed by atoms with Gasteiger partial charge in [-0.05, 0) is 42.3 Å². The van der Waals surface area contributed by atoms with Gasteiger partial charge >= 0.3 is 5.97 Å². The molecule has 2 aromatic rings. The van der Waals surface area contributed by atoms with E-state index in [2.05, 4.69) is 10.6 Å². The summed E-state index contributed by atoms with van der Waals surface area (Å²) in [6, 6.07) is 11.6. The van der Waals surface area contributed by atoms with Crippen molar-refractivity contribution in [3.8, 4) is 11.5 Å². The summed E-state index contributed by atoms with van der Waals surface area (Å²) in [6.45, 7) is 0.258. The van der Waals surface area contributed by atoms with Crippen molar-refractivity contribution in [3.05, 3.63) is 64.3 Å². The van der Waals surface area contributed by atoms with E-state index >= 15 is 0 Å². The van der Waals surface area contributed by atoms with Gasteiger partial charge in [0, 0.05) is 13.0 Å². The van der Waals surface area contributed by atoms with Crippen molar-refractivity contribution < 1.29 is 29.0 Å². The minimum absolute atomic E-state index is 0.0193. The smallest absolute Gasteiger partial charge is 0.303 e. The van der Waals surface area contributed by atoms with Crippen molar-refractivity contribution in [2.75, 3.05) is 13.3 Å². The van der Waals surface area contributed by atoms with E-state index in [1.54, 1.807) is 42.5 Å². The topological polar surface area (TPSA) is 114 Å². The number of aliphatic carboxylic acids is 1. The minimum Gasteiger partial charge on any atom is -0.481 e. The third kappa shape index (κ3) is 5.51. The molecule has 0 saturated heterocycles. The van der Waals surface area contributed by atoms with Gasteiger partial charge in [-0.1, -0.05) is 29.8 Å². The Bertz CT molecular complexity index is 1000. The SMILES string of the molecule is O=C(O)CCCNC(=O)/C(=C\c1ccc2c(c1)OCO2)NC(=O)c1ccccc1Cl. The maximum absolute atomic E-state index is 12.6. The normalized spacial score (nSPS) is 12.4. The third-order valence-electron chi connectivity index (χ3n) is 4.17. The number of rotatable bonds is 8. The van der Waals surface area contributed by atoms with Gasteiger partial charge in [0.25, 0.3) is 11.8 Å². The number of carbonyl (C=O) groups is 3. The molecule has 9 heteroatoms. The summed E-state index contributed by atoms with van der Waals surface area (Å²) in [4.78, 5) is 35.9. The standard InChI is InChI=1S/C21H19ClN2O6/c22-15-5-2-1-4-14(15)20(27)24-16(21(28)23-9-3-6-19(25)26)10-13-7-8-17-18(11-13)30-12-29-17/h1-2,4-5,7-8,10-11H,3,6,9,12H2,(H,23,28)(H,24,27)(H,25,26)/b16-10+. The second-order valence-electron chi connectivity index (χ2n) is 6.36. The zero-order valence-corrected chi connectivity index (χ0v) is 16.6. The molecule has 1 aliphatic rings. The van der Waals surface area contributed by atoms with Crippen molar-refractivity contribution in [2.45, 2.75) is 12.8 Å². The van der Waals surface area contributed by atoms with Crippen LogP contribution in [0.5, 0.6) is 11.5 Å². The van der Waals surface area contributed by atoms with Gasteiger partial charge in [0.1, 0.15) is 5.70 Å². The average molecular weight is 431 g/mol. The Labute approximate surface area is 177 Å². The summed E-state index contributed by atoms with van der Waals surface area (Å²) >= 11 is 6.07. The van der Waals surface area contributed by atoms with E-state index < -0.39 is 17.8 Å². The van der Waals surface area contributed by atoms with Crippen molar-refractivity contribution >= 4 is 35.5 Å². The lowest BCUT2D eigenvalue weighted by atomic mass is 10.1. The molecule has 156 valence electrons. The number of nitrogens with one attached hydrogen (secondary N) is 2. The van der Waals surface area contributed by atoms with Gasteiger partial charge in [-0.3, -0.25) is 14.4 Å². The van der Waals surface area contributed by atoms with Crippen LogP contribution in [-0.4, -0.2) is 36.2 Å². The number of carboxylic acid groups (broad SMARTS) is 1. The molecule has 3 rings (SSSR count). The second-order valence-corrected chi connectivity index (χ2v) is 6.77. The molecule has 0 aromatic heterocycles. The van der Waals surface area contributed by atoms with Gasteiger partial charge in [-0.25, -0.2) is 0 Å². The van der Waals surface area contributed by atoms with Crippen molar-refractivity contribution in [2.24, 2.45) is 0 Å². The third-order valence-corrected chi connectivity index (χ3v) is 4.50. The Kier molecular flexibility index (Phi) is 6.92. The highest BCUT2D eigenvalue weighted by Gasteiger charge is 2.18. The Balaban J connectivity index is 1.80. The van der Waals surface area contributed by atoms with Crippen LogP contribution >= 0.6 is 11.6 Å². The fourth-order valence-corrected chi connectivity index (χ4v) is 2.92. The minimum atomic E-state index is -0.951. The molecule has 1 aliphatic heterocycles. The first-order valence-corrected chi connectivity index (χ1v) is 9.49. The van der Waals surface area contributed by atoms with Crippen LogP contribution < -0.4 is 20.1 Å². The molecule has 2 amide bonds. The summed E-state index contributed by atoms with van der Waals surface area (Å²) in [7, 11) is 0. The number of fused-ring (bicyclic) bond motifs is 1. The molecule has 1 heterocycles. The fourth-order valence-electron chi connectivity index (χ4n) is 2.70. The molecular weight excluding hydrogens is 412 g/mol. The Morgan fingerprint density at radius 1 is 1.10 bits per heavy atom. The maximum atomic E-state index is 12.6. The van der Waals surface area contributed by atoms with Crippen LogP contribution in [0.1, 0.15) is 28.8 Å². The van der Waals surface area contributed by atoms with E-state index in [-0.39, 0.29) is 42.5 Å². The predicted molar refractivity (Wildman–Crippen MR) is 109 cm³/mol. The van der Waals surface area contributed by atoms with Gasteiger partial charge in [-0.15, -0.1) is 0 Å². The number of carboxylic acids is 1. The van der Waals surface area contributed by atoms with Crippen molar-refractivity contribution in [3.63, 3.8) is 0 Å². The largest absolute Gasteiger partial charge is 0.481 e. The first-order chi connectivity index (χ1) is 14.4. The molecule has 2 aromatic carbocycles. The van der Waals surface area contributed by atoms with E-state index in [1.807, 2.05) is 0 Å².